The van der Waals surface area contributed by atoms with Gasteiger partial charge in [-0.05, 0) is 43.0 Å². The summed E-state index contributed by atoms with van der Waals surface area (Å²) in [7, 11) is 2.12. The Labute approximate surface area is 143 Å². The molecule has 2 aromatic carbocycles. The fourth-order valence-electron chi connectivity index (χ4n) is 4.14. The van der Waals surface area contributed by atoms with Gasteiger partial charge in [-0.3, -0.25) is 0 Å². The molecule has 1 spiro atoms. The van der Waals surface area contributed by atoms with E-state index in [0.717, 1.165) is 24.1 Å². The summed E-state index contributed by atoms with van der Waals surface area (Å²) in [5, 5.41) is 4.50. The molecule has 0 radical (unpaired) electrons. The predicted molar refractivity (Wildman–Crippen MR) is 98.7 cm³/mol. The number of nitrogens with zero attached hydrogens (tertiary/aromatic N) is 2. The highest BCUT2D eigenvalue weighted by Gasteiger charge is 2.61. The van der Waals surface area contributed by atoms with E-state index in [1.165, 1.54) is 16.8 Å². The van der Waals surface area contributed by atoms with Crippen LogP contribution in [0.3, 0.4) is 0 Å². The van der Waals surface area contributed by atoms with Crippen LogP contribution in [0.4, 0.5) is 5.69 Å². The van der Waals surface area contributed by atoms with E-state index >= 15 is 0 Å². The maximum Gasteiger partial charge on any atom is 0.224 e. The first-order valence-electron chi connectivity index (χ1n) is 8.67. The topological polar surface area (TPSA) is 24.8 Å². The largest absolute Gasteiger partial charge is 0.366 e. The van der Waals surface area contributed by atoms with E-state index in [0.29, 0.717) is 0 Å². The number of anilines is 1. The van der Waals surface area contributed by atoms with Crippen LogP contribution < -0.4 is 4.90 Å². The molecule has 0 aliphatic carbocycles. The van der Waals surface area contributed by atoms with Crippen LogP contribution in [0.1, 0.15) is 43.9 Å². The normalized spacial score (nSPS) is 24.0. The number of hydrogen-bond acceptors (Lipinski definition) is 3. The van der Waals surface area contributed by atoms with Crippen molar-refractivity contribution in [1.29, 1.82) is 0 Å². The summed E-state index contributed by atoms with van der Waals surface area (Å²) >= 11 is 0. The highest BCUT2D eigenvalue weighted by Crippen LogP contribution is 2.55. The lowest BCUT2D eigenvalue weighted by atomic mass is 9.75. The molecule has 0 fully saturated rings. The molecule has 0 aromatic heterocycles. The lowest BCUT2D eigenvalue weighted by Crippen LogP contribution is -2.54. The van der Waals surface area contributed by atoms with Crippen LogP contribution in [-0.2, 0) is 16.7 Å². The summed E-state index contributed by atoms with van der Waals surface area (Å²) < 4.78 is 0. The first kappa shape index (κ1) is 15.3. The van der Waals surface area contributed by atoms with Gasteiger partial charge in [0.15, 0.2) is 0 Å². The minimum atomic E-state index is -0.449. The quantitative estimate of drug-likeness (QED) is 0.814. The average Bonchev–Trinajstić information content (AvgIpc) is 3.13. The van der Waals surface area contributed by atoms with E-state index in [1.807, 2.05) is 0 Å². The standard InChI is InChI=1S/C21H24N2O/c1-5-15-10-12-16(13-11-15)18-14-21(24-22-18)20(2,3)17-8-6-7-9-19(17)23(21)4/h6-13H,5,14H2,1-4H3/t21-/m0/s1. The van der Waals surface area contributed by atoms with Gasteiger partial charge in [0.2, 0.25) is 5.72 Å². The van der Waals surface area contributed by atoms with E-state index < -0.39 is 5.72 Å². The Bertz CT molecular complexity index is 807. The zero-order valence-corrected chi connectivity index (χ0v) is 14.8. The Kier molecular flexibility index (Phi) is 3.24. The van der Waals surface area contributed by atoms with Gasteiger partial charge in [0.05, 0.1) is 17.5 Å². The van der Waals surface area contributed by atoms with Crippen molar-refractivity contribution >= 4 is 11.4 Å². The molecule has 0 amide bonds. The summed E-state index contributed by atoms with van der Waals surface area (Å²) in [6.45, 7) is 6.69. The molecule has 0 saturated heterocycles. The molecular formula is C21H24N2O. The van der Waals surface area contributed by atoms with Crippen molar-refractivity contribution in [3.63, 3.8) is 0 Å². The molecule has 2 aliphatic heterocycles. The van der Waals surface area contributed by atoms with Gasteiger partial charge in [-0.1, -0.05) is 54.5 Å². The molecule has 3 heteroatoms. The summed E-state index contributed by atoms with van der Waals surface area (Å²) in [5.41, 5.74) is 5.52. The van der Waals surface area contributed by atoms with Gasteiger partial charge in [-0.2, -0.15) is 0 Å². The van der Waals surface area contributed by atoms with Crippen molar-refractivity contribution in [3.05, 3.63) is 65.2 Å². The SMILES string of the molecule is CCc1ccc(C2=NO[C@]3(C2)N(C)c2ccccc2C3(C)C)cc1. The lowest BCUT2D eigenvalue weighted by molar-refractivity contribution is -0.0591. The smallest absolute Gasteiger partial charge is 0.224 e. The van der Waals surface area contributed by atoms with Crippen molar-refractivity contribution in [2.24, 2.45) is 5.16 Å². The van der Waals surface area contributed by atoms with Gasteiger partial charge in [0, 0.05) is 12.7 Å². The molecule has 2 heterocycles. The Morgan fingerprint density at radius 3 is 2.46 bits per heavy atom. The van der Waals surface area contributed by atoms with Gasteiger partial charge in [0.25, 0.3) is 0 Å². The minimum absolute atomic E-state index is 0.132. The molecule has 124 valence electrons. The Hall–Kier alpha value is -2.29. The highest BCUT2D eigenvalue weighted by atomic mass is 16.7. The lowest BCUT2D eigenvalue weighted by Gasteiger charge is -2.40. The van der Waals surface area contributed by atoms with Gasteiger partial charge in [0.1, 0.15) is 0 Å². The molecule has 0 saturated carbocycles. The molecule has 4 rings (SSSR count). The van der Waals surface area contributed by atoms with Crippen molar-refractivity contribution in [2.45, 2.75) is 44.8 Å². The van der Waals surface area contributed by atoms with Crippen LogP contribution >= 0.6 is 0 Å². The number of rotatable bonds is 2. The van der Waals surface area contributed by atoms with Crippen molar-refractivity contribution in [1.82, 2.24) is 0 Å². The molecule has 2 aromatic rings. The second-order valence-electron chi connectivity index (χ2n) is 7.34. The van der Waals surface area contributed by atoms with Gasteiger partial charge in [-0.15, -0.1) is 0 Å². The summed E-state index contributed by atoms with van der Waals surface area (Å²) in [4.78, 5) is 8.41. The number of oxime groups is 1. The Balaban J connectivity index is 1.69. The van der Waals surface area contributed by atoms with E-state index in [-0.39, 0.29) is 5.41 Å². The first-order chi connectivity index (χ1) is 11.5. The molecule has 3 nitrogen and oxygen atoms in total. The van der Waals surface area contributed by atoms with E-state index in [2.05, 4.69) is 86.4 Å². The van der Waals surface area contributed by atoms with Gasteiger partial charge < -0.3 is 9.74 Å². The molecule has 2 aliphatic rings. The average molecular weight is 320 g/mol. The Morgan fingerprint density at radius 2 is 1.79 bits per heavy atom. The fourth-order valence-corrected chi connectivity index (χ4v) is 4.14. The second-order valence-corrected chi connectivity index (χ2v) is 7.34. The fraction of sp³-hybridized carbons (Fsp3) is 0.381. The third-order valence-corrected chi connectivity index (χ3v) is 5.87. The predicted octanol–water partition coefficient (Wildman–Crippen LogP) is 4.50. The monoisotopic (exact) mass is 320 g/mol. The molecule has 0 N–H and O–H groups in total. The van der Waals surface area contributed by atoms with Crippen molar-refractivity contribution < 1.29 is 4.84 Å². The zero-order valence-electron chi connectivity index (χ0n) is 14.8. The number of para-hydroxylation sites is 1. The third kappa shape index (κ3) is 1.87. The Morgan fingerprint density at radius 1 is 1.08 bits per heavy atom. The molecule has 0 bridgehead atoms. The zero-order chi connectivity index (χ0) is 16.9. The van der Waals surface area contributed by atoms with Crippen LogP contribution in [0.2, 0.25) is 0 Å². The van der Waals surface area contributed by atoms with Crippen LogP contribution in [0, 0.1) is 0 Å². The third-order valence-electron chi connectivity index (χ3n) is 5.87. The number of likely N-dealkylation sites (N-methyl/N-ethyl adjacent to an activating group) is 1. The molecule has 1 atom stereocenters. The van der Waals surface area contributed by atoms with Crippen molar-refractivity contribution in [2.75, 3.05) is 11.9 Å². The maximum absolute atomic E-state index is 6.15. The number of fused-ring (bicyclic) bond motifs is 1. The molecular weight excluding hydrogens is 296 g/mol. The molecule has 24 heavy (non-hydrogen) atoms. The van der Waals surface area contributed by atoms with E-state index in [9.17, 15) is 0 Å². The van der Waals surface area contributed by atoms with E-state index in [4.69, 9.17) is 4.84 Å². The summed E-state index contributed by atoms with van der Waals surface area (Å²) in [5.74, 6) is 0. The van der Waals surface area contributed by atoms with E-state index in [1.54, 1.807) is 0 Å². The number of aryl methyl sites for hydroxylation is 1. The summed E-state index contributed by atoms with van der Waals surface area (Å²) in [6, 6.07) is 17.3. The second kappa shape index (κ2) is 5.10. The van der Waals surface area contributed by atoms with Gasteiger partial charge in [-0.25, -0.2) is 0 Å². The highest BCUT2D eigenvalue weighted by molar-refractivity contribution is 6.02. The van der Waals surface area contributed by atoms with Crippen LogP contribution in [0.5, 0.6) is 0 Å². The van der Waals surface area contributed by atoms with Crippen molar-refractivity contribution in [3.8, 4) is 0 Å². The molecule has 0 unspecified atom stereocenters. The van der Waals surface area contributed by atoms with Crippen LogP contribution in [-0.4, -0.2) is 18.5 Å². The van der Waals surface area contributed by atoms with Crippen LogP contribution in [0.15, 0.2) is 53.7 Å². The van der Waals surface area contributed by atoms with Crippen LogP contribution in [0.25, 0.3) is 0 Å². The summed E-state index contributed by atoms with van der Waals surface area (Å²) in [6.07, 6.45) is 1.84. The number of benzene rings is 2. The minimum Gasteiger partial charge on any atom is -0.366 e. The first-order valence-corrected chi connectivity index (χ1v) is 8.67. The maximum atomic E-state index is 6.15. The van der Waals surface area contributed by atoms with Gasteiger partial charge >= 0.3 is 0 Å². The number of hydrogen-bond donors (Lipinski definition) is 0.